The molecule has 0 saturated heterocycles. The van der Waals surface area contributed by atoms with Crippen LogP contribution >= 0.6 is 0 Å². The summed E-state index contributed by atoms with van der Waals surface area (Å²) in [7, 11) is 2.53. The van der Waals surface area contributed by atoms with Crippen LogP contribution in [0.3, 0.4) is 0 Å². The smallest absolute Gasteiger partial charge is 0.336 e. The standard InChI is InChI=1S/C25H26N2O7/c1-6-34-20-13-11-18(12-14-20)26-15(2)21(24(28)32-4)23(22(16(26)3)25(29)33-5)17-7-9-19(10-8-17)27(30)31/h7-14,23H,6H2,1-5H3. The van der Waals surface area contributed by atoms with Gasteiger partial charge in [-0.05, 0) is 50.6 Å². The zero-order valence-electron chi connectivity index (χ0n) is 19.7. The van der Waals surface area contributed by atoms with Gasteiger partial charge in [0, 0.05) is 29.2 Å². The normalized spacial score (nSPS) is 14.2. The number of nitro benzene ring substituents is 1. The highest BCUT2D eigenvalue weighted by molar-refractivity contribution is 6.01. The average molecular weight is 466 g/mol. The largest absolute Gasteiger partial charge is 0.494 e. The van der Waals surface area contributed by atoms with Crippen LogP contribution in [0, 0.1) is 10.1 Å². The number of hydrogen-bond acceptors (Lipinski definition) is 8. The summed E-state index contributed by atoms with van der Waals surface area (Å²) in [5.41, 5.74) is 2.72. The van der Waals surface area contributed by atoms with E-state index in [1.807, 2.05) is 19.1 Å². The van der Waals surface area contributed by atoms with E-state index in [-0.39, 0.29) is 16.8 Å². The number of allylic oxidation sites excluding steroid dienone is 2. The van der Waals surface area contributed by atoms with Gasteiger partial charge in [0.1, 0.15) is 5.75 Å². The van der Waals surface area contributed by atoms with Gasteiger partial charge in [0.15, 0.2) is 0 Å². The fourth-order valence-corrected chi connectivity index (χ4v) is 4.17. The number of nitro groups is 1. The number of carbonyl (C=O) groups excluding carboxylic acids is 2. The van der Waals surface area contributed by atoms with Crippen LogP contribution in [0.5, 0.6) is 5.75 Å². The Balaban J connectivity index is 2.25. The molecule has 3 rings (SSSR count). The van der Waals surface area contributed by atoms with Gasteiger partial charge in [-0.2, -0.15) is 0 Å². The summed E-state index contributed by atoms with van der Waals surface area (Å²) in [5.74, 6) is -1.38. The molecule has 1 heterocycles. The maximum atomic E-state index is 13.0. The van der Waals surface area contributed by atoms with Crippen molar-refractivity contribution in [3.05, 3.63) is 86.7 Å². The molecule has 34 heavy (non-hydrogen) atoms. The van der Waals surface area contributed by atoms with Crippen molar-refractivity contribution in [2.45, 2.75) is 26.7 Å². The summed E-state index contributed by atoms with van der Waals surface area (Å²) >= 11 is 0. The number of ether oxygens (including phenoxy) is 3. The Labute approximate surface area is 197 Å². The predicted octanol–water partition coefficient (Wildman–Crippen LogP) is 4.49. The fraction of sp³-hybridized carbons (Fsp3) is 0.280. The summed E-state index contributed by atoms with van der Waals surface area (Å²) < 4.78 is 15.7. The van der Waals surface area contributed by atoms with Crippen LogP contribution in [0.25, 0.3) is 0 Å². The van der Waals surface area contributed by atoms with Crippen molar-refractivity contribution < 1.29 is 28.7 Å². The van der Waals surface area contributed by atoms with E-state index in [0.29, 0.717) is 35.0 Å². The first kappa shape index (κ1) is 24.5. The van der Waals surface area contributed by atoms with Gasteiger partial charge in [0.25, 0.3) is 5.69 Å². The molecule has 0 atom stereocenters. The Kier molecular flexibility index (Phi) is 7.35. The molecular weight excluding hydrogens is 440 g/mol. The molecule has 1 aliphatic heterocycles. The van der Waals surface area contributed by atoms with E-state index in [4.69, 9.17) is 14.2 Å². The molecule has 1 aliphatic rings. The van der Waals surface area contributed by atoms with Gasteiger partial charge in [0.2, 0.25) is 0 Å². The number of anilines is 1. The van der Waals surface area contributed by atoms with Gasteiger partial charge in [0.05, 0.1) is 42.8 Å². The van der Waals surface area contributed by atoms with Crippen LogP contribution in [0.2, 0.25) is 0 Å². The minimum Gasteiger partial charge on any atom is -0.494 e. The summed E-state index contributed by atoms with van der Waals surface area (Å²) in [5, 5.41) is 11.1. The number of nitrogens with zero attached hydrogens (tertiary/aromatic N) is 2. The molecule has 9 heteroatoms. The third kappa shape index (κ3) is 4.50. The van der Waals surface area contributed by atoms with E-state index < -0.39 is 22.8 Å². The molecule has 2 aromatic carbocycles. The Morgan fingerprint density at radius 3 is 1.82 bits per heavy atom. The molecule has 9 nitrogen and oxygen atoms in total. The summed E-state index contributed by atoms with van der Waals surface area (Å²) in [6, 6.07) is 13.0. The van der Waals surface area contributed by atoms with Crippen LogP contribution in [0.15, 0.2) is 71.1 Å². The highest BCUT2D eigenvalue weighted by Gasteiger charge is 2.40. The molecule has 0 unspecified atom stereocenters. The lowest BCUT2D eigenvalue weighted by atomic mass is 9.79. The third-order valence-electron chi connectivity index (χ3n) is 5.68. The third-order valence-corrected chi connectivity index (χ3v) is 5.68. The van der Waals surface area contributed by atoms with Crippen molar-refractivity contribution in [1.29, 1.82) is 0 Å². The molecule has 2 aromatic rings. The van der Waals surface area contributed by atoms with E-state index in [1.54, 1.807) is 30.9 Å². The zero-order valence-corrected chi connectivity index (χ0v) is 19.7. The maximum absolute atomic E-state index is 13.0. The summed E-state index contributed by atoms with van der Waals surface area (Å²) in [4.78, 5) is 38.4. The van der Waals surface area contributed by atoms with Crippen molar-refractivity contribution in [1.82, 2.24) is 0 Å². The zero-order chi connectivity index (χ0) is 25.0. The number of non-ortho nitro benzene ring substituents is 1. The van der Waals surface area contributed by atoms with Crippen molar-refractivity contribution in [3.63, 3.8) is 0 Å². The highest BCUT2D eigenvalue weighted by atomic mass is 16.6. The predicted molar refractivity (Wildman–Crippen MR) is 125 cm³/mol. The van der Waals surface area contributed by atoms with Crippen LogP contribution in [-0.2, 0) is 19.1 Å². The molecular formula is C25H26N2O7. The Morgan fingerprint density at radius 2 is 1.41 bits per heavy atom. The van der Waals surface area contributed by atoms with Crippen LogP contribution in [0.1, 0.15) is 32.3 Å². The van der Waals surface area contributed by atoms with Crippen molar-refractivity contribution in [2.24, 2.45) is 0 Å². The van der Waals surface area contributed by atoms with E-state index in [0.717, 1.165) is 0 Å². The molecule has 0 amide bonds. The van der Waals surface area contributed by atoms with Crippen LogP contribution in [0.4, 0.5) is 11.4 Å². The first-order valence-electron chi connectivity index (χ1n) is 10.6. The van der Waals surface area contributed by atoms with Crippen molar-refractivity contribution in [2.75, 3.05) is 25.7 Å². The Morgan fingerprint density at radius 1 is 0.912 bits per heavy atom. The number of rotatable bonds is 7. The van der Waals surface area contributed by atoms with Gasteiger partial charge in [-0.3, -0.25) is 10.1 Å². The molecule has 0 aliphatic carbocycles. The van der Waals surface area contributed by atoms with E-state index in [1.165, 1.54) is 38.5 Å². The summed E-state index contributed by atoms with van der Waals surface area (Å²) in [6.07, 6.45) is 0. The lowest BCUT2D eigenvalue weighted by molar-refractivity contribution is -0.384. The molecule has 178 valence electrons. The quantitative estimate of drug-likeness (QED) is 0.334. The second-order valence-electron chi connectivity index (χ2n) is 7.53. The monoisotopic (exact) mass is 466 g/mol. The topological polar surface area (TPSA) is 108 Å². The van der Waals surface area contributed by atoms with Crippen LogP contribution in [-0.4, -0.2) is 37.7 Å². The SMILES string of the molecule is CCOc1ccc(N2C(C)=C(C(=O)OC)C(c3ccc([N+](=O)[O-])cc3)C(C(=O)OC)=C2C)cc1. The fourth-order valence-electron chi connectivity index (χ4n) is 4.17. The summed E-state index contributed by atoms with van der Waals surface area (Å²) in [6.45, 7) is 5.94. The highest BCUT2D eigenvalue weighted by Crippen LogP contribution is 2.44. The maximum Gasteiger partial charge on any atom is 0.336 e. The van der Waals surface area contributed by atoms with Crippen LogP contribution < -0.4 is 9.64 Å². The van der Waals surface area contributed by atoms with E-state index >= 15 is 0 Å². The van der Waals surface area contributed by atoms with Gasteiger partial charge in [-0.15, -0.1) is 0 Å². The minimum atomic E-state index is -0.834. The number of esters is 2. The first-order valence-corrected chi connectivity index (χ1v) is 10.6. The van der Waals surface area contributed by atoms with Gasteiger partial charge in [-0.25, -0.2) is 9.59 Å². The lowest BCUT2D eigenvalue weighted by Gasteiger charge is -2.37. The number of hydrogen-bond donors (Lipinski definition) is 0. The molecule has 0 aromatic heterocycles. The molecule has 0 fully saturated rings. The molecule has 0 saturated carbocycles. The molecule has 0 bridgehead atoms. The van der Waals surface area contributed by atoms with Gasteiger partial charge >= 0.3 is 11.9 Å². The van der Waals surface area contributed by atoms with E-state index in [9.17, 15) is 19.7 Å². The van der Waals surface area contributed by atoms with Gasteiger partial charge in [-0.1, -0.05) is 12.1 Å². The van der Waals surface area contributed by atoms with Crippen molar-refractivity contribution >= 4 is 23.3 Å². The number of carbonyl (C=O) groups is 2. The Bertz CT molecular complexity index is 1120. The first-order chi connectivity index (χ1) is 16.2. The second kappa shape index (κ2) is 10.2. The van der Waals surface area contributed by atoms with Crippen molar-refractivity contribution in [3.8, 4) is 5.75 Å². The number of methoxy groups -OCH3 is 2. The molecule has 0 N–H and O–H groups in total. The Hall–Kier alpha value is -4.14. The molecule has 0 spiro atoms. The van der Waals surface area contributed by atoms with Gasteiger partial charge < -0.3 is 19.1 Å². The van der Waals surface area contributed by atoms with E-state index in [2.05, 4.69) is 0 Å². The average Bonchev–Trinajstić information content (AvgIpc) is 2.84. The lowest BCUT2D eigenvalue weighted by Crippen LogP contribution is -2.35. The second-order valence-corrected chi connectivity index (χ2v) is 7.53. The number of benzene rings is 2. The molecule has 0 radical (unpaired) electrons. The minimum absolute atomic E-state index is 0.101.